The highest BCUT2D eigenvalue weighted by Gasteiger charge is 2.06. The maximum atomic E-state index is 8.88. The quantitative estimate of drug-likeness (QED) is 0.779. The lowest BCUT2D eigenvalue weighted by atomic mass is 9.98. The van der Waals surface area contributed by atoms with Crippen LogP contribution in [0.5, 0.6) is 0 Å². The van der Waals surface area contributed by atoms with Crippen LogP contribution in [0, 0.1) is 18.3 Å². The van der Waals surface area contributed by atoms with Crippen molar-refractivity contribution in [3.05, 3.63) is 41.1 Å². The van der Waals surface area contributed by atoms with Gasteiger partial charge in [0.05, 0.1) is 18.0 Å². The number of nitriles is 1. The molecule has 1 aromatic heterocycles. The summed E-state index contributed by atoms with van der Waals surface area (Å²) in [6.07, 6.45) is 0.446. The van der Waals surface area contributed by atoms with Crippen LogP contribution in [-0.2, 0) is 6.42 Å². The van der Waals surface area contributed by atoms with E-state index < -0.39 is 0 Å². The zero-order valence-corrected chi connectivity index (χ0v) is 10.5. The number of pyridine rings is 1. The minimum absolute atomic E-state index is 0.446. The number of aryl methyl sites for hydroxylation is 1. The van der Waals surface area contributed by atoms with E-state index in [1.165, 1.54) is 5.56 Å². The van der Waals surface area contributed by atoms with Gasteiger partial charge in [-0.2, -0.15) is 5.26 Å². The van der Waals surface area contributed by atoms with E-state index in [-0.39, 0.29) is 0 Å². The molecular weight excluding hydrogens is 208 g/mol. The van der Waals surface area contributed by atoms with E-state index in [1.54, 1.807) is 0 Å². The van der Waals surface area contributed by atoms with Gasteiger partial charge in [0.25, 0.3) is 0 Å². The van der Waals surface area contributed by atoms with Crippen molar-refractivity contribution in [3.8, 4) is 6.07 Å². The Bertz CT molecular complexity index is 592. The van der Waals surface area contributed by atoms with Gasteiger partial charge >= 0.3 is 0 Å². The Morgan fingerprint density at radius 2 is 2.06 bits per heavy atom. The lowest BCUT2D eigenvalue weighted by molar-refractivity contribution is 0.868. The van der Waals surface area contributed by atoms with E-state index in [0.717, 1.165) is 22.2 Å². The number of hydrogen-bond acceptors (Lipinski definition) is 2. The molecule has 0 aliphatic heterocycles. The number of fused-ring (bicyclic) bond motifs is 1. The highest BCUT2D eigenvalue weighted by Crippen LogP contribution is 2.24. The molecule has 86 valence electrons. The molecule has 0 bridgehead atoms. The lowest BCUT2D eigenvalue weighted by Gasteiger charge is -2.09. The van der Waals surface area contributed by atoms with Crippen molar-refractivity contribution in [1.29, 1.82) is 5.26 Å². The van der Waals surface area contributed by atoms with Crippen LogP contribution in [0.4, 0.5) is 0 Å². The average molecular weight is 224 g/mol. The van der Waals surface area contributed by atoms with Crippen LogP contribution in [-0.4, -0.2) is 4.98 Å². The maximum absolute atomic E-state index is 8.88. The van der Waals surface area contributed by atoms with Crippen molar-refractivity contribution in [3.63, 3.8) is 0 Å². The highest BCUT2D eigenvalue weighted by atomic mass is 14.7. The van der Waals surface area contributed by atoms with E-state index in [4.69, 9.17) is 5.26 Å². The van der Waals surface area contributed by atoms with Gasteiger partial charge in [0.2, 0.25) is 0 Å². The van der Waals surface area contributed by atoms with Crippen molar-refractivity contribution in [2.45, 2.75) is 33.1 Å². The number of aromatic nitrogens is 1. The smallest absolute Gasteiger partial charge is 0.0708 e. The largest absolute Gasteiger partial charge is 0.253 e. The third kappa shape index (κ3) is 2.29. The molecule has 2 aromatic rings. The fourth-order valence-corrected chi connectivity index (χ4v) is 2.05. The minimum Gasteiger partial charge on any atom is -0.253 e. The molecule has 0 fully saturated rings. The Morgan fingerprint density at radius 1 is 1.29 bits per heavy atom. The summed E-state index contributed by atoms with van der Waals surface area (Å²) >= 11 is 0. The van der Waals surface area contributed by atoms with Crippen molar-refractivity contribution < 1.29 is 0 Å². The molecule has 0 N–H and O–H groups in total. The van der Waals surface area contributed by atoms with E-state index in [0.29, 0.717) is 12.3 Å². The number of benzene rings is 1. The van der Waals surface area contributed by atoms with Crippen molar-refractivity contribution in [2.24, 2.45) is 0 Å². The summed E-state index contributed by atoms with van der Waals surface area (Å²) in [7, 11) is 0. The van der Waals surface area contributed by atoms with Gasteiger partial charge in [-0.15, -0.1) is 0 Å². The summed E-state index contributed by atoms with van der Waals surface area (Å²) in [5.41, 5.74) is 4.33. The molecule has 0 radical (unpaired) electrons. The minimum atomic E-state index is 0.446. The first kappa shape index (κ1) is 11.6. The van der Waals surface area contributed by atoms with Crippen LogP contribution >= 0.6 is 0 Å². The average Bonchev–Trinajstić information content (AvgIpc) is 2.28. The molecule has 2 heteroatoms. The zero-order chi connectivity index (χ0) is 12.4. The van der Waals surface area contributed by atoms with Crippen LogP contribution in [0.25, 0.3) is 10.9 Å². The summed E-state index contributed by atoms with van der Waals surface area (Å²) in [5, 5.41) is 9.99. The first-order chi connectivity index (χ1) is 8.11. The van der Waals surface area contributed by atoms with Crippen LogP contribution in [0.15, 0.2) is 24.3 Å². The first-order valence-electron chi connectivity index (χ1n) is 5.89. The van der Waals surface area contributed by atoms with Gasteiger partial charge in [0.1, 0.15) is 0 Å². The second-order valence-electron chi connectivity index (χ2n) is 4.69. The topological polar surface area (TPSA) is 36.7 Å². The van der Waals surface area contributed by atoms with E-state index in [2.05, 4.69) is 43.1 Å². The van der Waals surface area contributed by atoms with Crippen molar-refractivity contribution >= 4 is 10.9 Å². The Kier molecular flexibility index (Phi) is 3.10. The van der Waals surface area contributed by atoms with Gasteiger partial charge in [0, 0.05) is 11.1 Å². The predicted octanol–water partition coefficient (Wildman–Crippen LogP) is 3.73. The molecular formula is C15H16N2. The molecule has 0 atom stereocenters. The second kappa shape index (κ2) is 4.55. The van der Waals surface area contributed by atoms with E-state index in [9.17, 15) is 0 Å². The molecule has 0 saturated carbocycles. The molecule has 17 heavy (non-hydrogen) atoms. The molecule has 0 unspecified atom stereocenters. The molecule has 2 nitrogen and oxygen atoms in total. The molecule has 2 rings (SSSR count). The Balaban J connectivity index is 2.69. The standard InChI is InChI=1S/C15H16N2/c1-10(2)12-4-5-15-14(9-12)13(6-7-16)8-11(3)17-15/h4-5,8-10H,6H2,1-3H3. The fraction of sp³-hybridized carbons (Fsp3) is 0.333. The Labute approximate surface area is 102 Å². The molecule has 1 aromatic carbocycles. The second-order valence-corrected chi connectivity index (χ2v) is 4.69. The fourth-order valence-electron chi connectivity index (χ4n) is 2.05. The van der Waals surface area contributed by atoms with Crippen LogP contribution in [0.3, 0.4) is 0 Å². The third-order valence-electron chi connectivity index (χ3n) is 2.98. The van der Waals surface area contributed by atoms with Crippen LogP contribution in [0.1, 0.15) is 36.6 Å². The SMILES string of the molecule is Cc1cc(CC#N)c2cc(C(C)C)ccc2n1. The zero-order valence-electron chi connectivity index (χ0n) is 10.5. The number of hydrogen-bond donors (Lipinski definition) is 0. The van der Waals surface area contributed by atoms with Gasteiger partial charge in [-0.3, -0.25) is 4.98 Å². The number of rotatable bonds is 2. The molecule has 0 spiro atoms. The summed E-state index contributed by atoms with van der Waals surface area (Å²) in [6.45, 7) is 6.32. The molecule has 0 aliphatic carbocycles. The Morgan fingerprint density at radius 3 is 2.71 bits per heavy atom. The Hall–Kier alpha value is -1.88. The highest BCUT2D eigenvalue weighted by molar-refractivity contribution is 5.83. The lowest BCUT2D eigenvalue weighted by Crippen LogP contribution is -1.94. The third-order valence-corrected chi connectivity index (χ3v) is 2.98. The van der Waals surface area contributed by atoms with Gasteiger partial charge in [-0.25, -0.2) is 0 Å². The molecule has 0 amide bonds. The molecule has 0 saturated heterocycles. The van der Waals surface area contributed by atoms with E-state index in [1.807, 2.05) is 13.0 Å². The van der Waals surface area contributed by atoms with Crippen LogP contribution < -0.4 is 0 Å². The predicted molar refractivity (Wildman–Crippen MR) is 69.9 cm³/mol. The monoisotopic (exact) mass is 224 g/mol. The van der Waals surface area contributed by atoms with Gasteiger partial charge < -0.3 is 0 Å². The first-order valence-corrected chi connectivity index (χ1v) is 5.89. The normalized spacial score (nSPS) is 10.8. The molecule has 1 heterocycles. The van der Waals surface area contributed by atoms with Crippen LogP contribution in [0.2, 0.25) is 0 Å². The molecule has 0 aliphatic rings. The van der Waals surface area contributed by atoms with Gasteiger partial charge in [0.15, 0.2) is 0 Å². The summed E-state index contributed by atoms with van der Waals surface area (Å²) in [6, 6.07) is 10.6. The van der Waals surface area contributed by atoms with Crippen molar-refractivity contribution in [1.82, 2.24) is 4.98 Å². The summed E-state index contributed by atoms with van der Waals surface area (Å²) in [5.74, 6) is 0.496. The maximum Gasteiger partial charge on any atom is 0.0708 e. The summed E-state index contributed by atoms with van der Waals surface area (Å²) in [4.78, 5) is 4.51. The van der Waals surface area contributed by atoms with Crippen molar-refractivity contribution in [2.75, 3.05) is 0 Å². The number of nitrogens with zero attached hydrogens (tertiary/aromatic N) is 2. The van der Waals surface area contributed by atoms with Gasteiger partial charge in [-0.05, 0) is 42.2 Å². The van der Waals surface area contributed by atoms with Gasteiger partial charge in [-0.1, -0.05) is 19.9 Å². The summed E-state index contributed by atoms with van der Waals surface area (Å²) < 4.78 is 0. The van der Waals surface area contributed by atoms with E-state index >= 15 is 0 Å².